The summed E-state index contributed by atoms with van der Waals surface area (Å²) in [7, 11) is 0. The van der Waals surface area contributed by atoms with Crippen LogP contribution in [0.5, 0.6) is 0 Å². The van der Waals surface area contributed by atoms with E-state index in [1.165, 1.54) is 6.92 Å². The molecule has 1 aliphatic heterocycles. The van der Waals surface area contributed by atoms with Gasteiger partial charge in [0, 0.05) is 55.1 Å². The summed E-state index contributed by atoms with van der Waals surface area (Å²) in [5.41, 5.74) is 2.58. The van der Waals surface area contributed by atoms with Crippen molar-refractivity contribution in [3.63, 3.8) is 0 Å². The first-order valence-corrected chi connectivity index (χ1v) is 13.1. The number of Topliss-reactive ketones (excluding diaryl/α,β-unsaturated/α-hetero) is 1. The fourth-order valence-corrected chi connectivity index (χ4v) is 5.67. The number of anilines is 1. The number of carbonyl (C=O) groups excluding carboxylic acids is 3. The molecule has 4 heterocycles. The van der Waals surface area contributed by atoms with Crippen LogP contribution in [0.25, 0.3) is 22.0 Å². The fourth-order valence-electron chi connectivity index (χ4n) is 5.67. The Kier molecular flexibility index (Phi) is 5.81. The van der Waals surface area contributed by atoms with Gasteiger partial charge in [0.2, 0.25) is 11.8 Å². The van der Waals surface area contributed by atoms with Gasteiger partial charge in [-0.15, -0.1) is 0 Å². The maximum Gasteiger partial charge on any atom is 0.248 e. The number of likely N-dealkylation sites (tertiary alicyclic amines) is 1. The summed E-state index contributed by atoms with van der Waals surface area (Å²) in [6.07, 6.45) is 6.75. The first kappa shape index (κ1) is 24.9. The first-order valence-electron chi connectivity index (χ1n) is 13.1. The number of nitrogens with zero attached hydrogens (tertiary/aromatic N) is 7. The van der Waals surface area contributed by atoms with Gasteiger partial charge < -0.3 is 10.2 Å². The zero-order chi connectivity index (χ0) is 27.5. The normalized spacial score (nSPS) is 21.7. The molecule has 11 heteroatoms. The Hall–Kier alpha value is -4.41. The molecule has 0 unspecified atom stereocenters. The average Bonchev–Trinajstić information content (AvgIpc) is 3.23. The molecule has 3 aromatic heterocycles. The number of benzene rings is 1. The number of piperidine rings is 1. The number of nitrogens with one attached hydrogen (secondary N) is 1. The van der Waals surface area contributed by atoms with Gasteiger partial charge in [0.05, 0.1) is 5.52 Å². The van der Waals surface area contributed by atoms with Crippen molar-refractivity contribution in [3.8, 4) is 11.1 Å². The highest BCUT2D eigenvalue weighted by Gasteiger charge is 2.64. The van der Waals surface area contributed by atoms with Crippen molar-refractivity contribution in [2.24, 2.45) is 5.41 Å². The number of fused-ring (bicyclic) bond motifs is 2. The van der Waals surface area contributed by atoms with Crippen molar-refractivity contribution in [1.29, 1.82) is 0 Å². The highest BCUT2D eigenvalue weighted by Crippen LogP contribution is 2.59. The Labute approximate surface area is 225 Å². The topological polar surface area (TPSA) is 128 Å². The van der Waals surface area contributed by atoms with Gasteiger partial charge in [-0.3, -0.25) is 23.7 Å². The van der Waals surface area contributed by atoms with Gasteiger partial charge in [-0.2, -0.15) is 10.2 Å². The molecule has 1 saturated carbocycles. The van der Waals surface area contributed by atoms with Crippen molar-refractivity contribution in [3.05, 3.63) is 54.4 Å². The molecule has 1 aliphatic carbocycles. The SMILES string of the molecule is CCn1ccc(NC(=O)[C@@H]2C[C@@]3(C)C[C@H]3N2C(=O)Cn2nc(C(C)=O)c3cc(-c4cnc(C)nc4)ccc32)n1. The monoisotopic (exact) mass is 526 g/mol. The average molecular weight is 527 g/mol. The molecule has 2 fully saturated rings. The summed E-state index contributed by atoms with van der Waals surface area (Å²) in [5, 5.41) is 12.4. The third kappa shape index (κ3) is 4.37. The zero-order valence-corrected chi connectivity index (χ0v) is 22.4. The van der Waals surface area contributed by atoms with Crippen molar-refractivity contribution in [1.82, 2.24) is 34.4 Å². The Bertz CT molecular complexity index is 1620. The highest BCUT2D eigenvalue weighted by molar-refractivity contribution is 6.06. The van der Waals surface area contributed by atoms with Crippen LogP contribution in [0.3, 0.4) is 0 Å². The Morgan fingerprint density at radius 2 is 1.85 bits per heavy atom. The van der Waals surface area contributed by atoms with Gasteiger partial charge in [0.1, 0.15) is 24.1 Å². The summed E-state index contributed by atoms with van der Waals surface area (Å²) in [6.45, 7) is 8.00. The largest absolute Gasteiger partial charge is 0.325 e. The van der Waals surface area contributed by atoms with E-state index in [9.17, 15) is 14.4 Å². The molecule has 3 atom stereocenters. The third-order valence-electron chi connectivity index (χ3n) is 7.93. The second-order valence-corrected chi connectivity index (χ2v) is 10.8. The lowest BCUT2D eigenvalue weighted by molar-refractivity contribution is -0.138. The number of amides is 2. The van der Waals surface area contributed by atoms with E-state index in [0.717, 1.165) is 17.5 Å². The summed E-state index contributed by atoms with van der Waals surface area (Å²) < 4.78 is 3.30. The van der Waals surface area contributed by atoms with Crippen LogP contribution in [0, 0.1) is 12.3 Å². The second kappa shape index (κ2) is 9.11. The van der Waals surface area contributed by atoms with Crippen LogP contribution < -0.4 is 5.32 Å². The van der Waals surface area contributed by atoms with Crippen molar-refractivity contribution < 1.29 is 14.4 Å². The molecule has 39 heavy (non-hydrogen) atoms. The molecule has 1 N–H and O–H groups in total. The highest BCUT2D eigenvalue weighted by atomic mass is 16.2. The van der Waals surface area contributed by atoms with Crippen LogP contribution in [0.1, 0.15) is 49.9 Å². The number of rotatable bonds is 7. The van der Waals surface area contributed by atoms with E-state index in [1.54, 1.807) is 38.9 Å². The summed E-state index contributed by atoms with van der Waals surface area (Å²) >= 11 is 0. The molecular weight excluding hydrogens is 496 g/mol. The lowest BCUT2D eigenvalue weighted by Crippen LogP contribution is -2.46. The van der Waals surface area contributed by atoms with Crippen LogP contribution in [-0.4, -0.2) is 64.1 Å². The Morgan fingerprint density at radius 3 is 2.54 bits per heavy atom. The third-order valence-corrected chi connectivity index (χ3v) is 7.93. The quantitative estimate of drug-likeness (QED) is 0.366. The molecule has 0 spiro atoms. The van der Waals surface area contributed by atoms with Gasteiger partial charge in [-0.05, 0) is 49.8 Å². The van der Waals surface area contributed by atoms with Crippen LogP contribution in [0.2, 0.25) is 0 Å². The standard InChI is InChI=1S/C28H30N8O3/c1-5-34-9-8-24(32-34)31-27(39)22-11-28(4)12-23(28)36(22)25(38)15-35-21-7-6-18(19-13-29-17(3)30-14-19)10-20(21)26(33-35)16(2)37/h6-10,13-14,22-23H,5,11-12,15H2,1-4H3,(H,31,32,39)/t22-,23+,28-/m0/s1. The lowest BCUT2D eigenvalue weighted by atomic mass is 10.0. The Morgan fingerprint density at radius 1 is 1.08 bits per heavy atom. The maximum atomic E-state index is 13.7. The van der Waals surface area contributed by atoms with Crippen molar-refractivity contribution in [2.45, 2.75) is 65.7 Å². The number of hydrogen-bond acceptors (Lipinski definition) is 7. The van der Waals surface area contributed by atoms with E-state index in [-0.39, 0.29) is 35.6 Å². The molecule has 11 nitrogen and oxygen atoms in total. The van der Waals surface area contributed by atoms with Crippen LogP contribution in [0.4, 0.5) is 5.82 Å². The first-order chi connectivity index (χ1) is 18.7. The molecule has 4 aromatic rings. The summed E-state index contributed by atoms with van der Waals surface area (Å²) in [6, 6.07) is 6.82. The van der Waals surface area contributed by atoms with Crippen LogP contribution >= 0.6 is 0 Å². The number of ketones is 1. The molecular formula is C28H30N8O3. The van der Waals surface area contributed by atoms with Gasteiger partial charge in [0.15, 0.2) is 11.6 Å². The minimum atomic E-state index is -0.588. The smallest absolute Gasteiger partial charge is 0.248 e. The van der Waals surface area contributed by atoms with Crippen molar-refractivity contribution in [2.75, 3.05) is 5.32 Å². The van der Waals surface area contributed by atoms with Crippen LogP contribution in [-0.2, 0) is 22.7 Å². The maximum absolute atomic E-state index is 13.7. The van der Waals surface area contributed by atoms with E-state index >= 15 is 0 Å². The second-order valence-electron chi connectivity index (χ2n) is 10.8. The van der Waals surface area contributed by atoms with Gasteiger partial charge >= 0.3 is 0 Å². The number of hydrogen-bond donors (Lipinski definition) is 1. The molecule has 200 valence electrons. The number of carbonyl (C=O) groups is 3. The van der Waals surface area contributed by atoms with E-state index in [2.05, 4.69) is 32.4 Å². The minimum Gasteiger partial charge on any atom is -0.325 e. The molecule has 2 aliphatic rings. The van der Waals surface area contributed by atoms with E-state index < -0.39 is 6.04 Å². The van der Waals surface area contributed by atoms with E-state index in [4.69, 9.17) is 0 Å². The summed E-state index contributed by atoms with van der Waals surface area (Å²) in [5.74, 6) is 0.517. The molecule has 2 amide bonds. The number of aromatic nitrogens is 6. The van der Waals surface area contributed by atoms with E-state index in [1.807, 2.05) is 32.0 Å². The van der Waals surface area contributed by atoms with Gasteiger partial charge in [0.25, 0.3) is 0 Å². The van der Waals surface area contributed by atoms with Crippen LogP contribution in [0.15, 0.2) is 42.9 Å². The lowest BCUT2D eigenvalue weighted by Gasteiger charge is -2.26. The Balaban J connectivity index is 1.28. The predicted molar refractivity (Wildman–Crippen MR) is 144 cm³/mol. The predicted octanol–water partition coefficient (Wildman–Crippen LogP) is 3.24. The van der Waals surface area contributed by atoms with Crippen molar-refractivity contribution >= 4 is 34.3 Å². The molecule has 1 saturated heterocycles. The molecule has 0 radical (unpaired) electrons. The van der Waals surface area contributed by atoms with Gasteiger partial charge in [-0.1, -0.05) is 13.0 Å². The van der Waals surface area contributed by atoms with E-state index in [0.29, 0.717) is 41.2 Å². The fraction of sp³-hybridized carbons (Fsp3) is 0.393. The summed E-state index contributed by atoms with van der Waals surface area (Å²) in [4.78, 5) is 49.7. The zero-order valence-electron chi connectivity index (χ0n) is 22.4. The molecule has 1 aromatic carbocycles. The molecule has 0 bridgehead atoms. The molecule has 6 rings (SSSR count). The minimum absolute atomic E-state index is 0.0104. The van der Waals surface area contributed by atoms with Gasteiger partial charge in [-0.25, -0.2) is 9.97 Å². The number of aryl methyl sites for hydroxylation is 2.